The van der Waals surface area contributed by atoms with E-state index in [0.717, 1.165) is 17.0 Å². The van der Waals surface area contributed by atoms with Gasteiger partial charge < -0.3 is 0 Å². The van der Waals surface area contributed by atoms with Gasteiger partial charge in [0, 0.05) is 5.57 Å². The predicted molar refractivity (Wildman–Crippen MR) is 41.2 cm³/mol. The summed E-state index contributed by atoms with van der Waals surface area (Å²) < 4.78 is 1.44. The van der Waals surface area contributed by atoms with Gasteiger partial charge in [-0.3, -0.25) is 4.79 Å². The first-order chi connectivity index (χ1) is 5.18. The van der Waals surface area contributed by atoms with E-state index in [1.807, 2.05) is 19.1 Å². The first kappa shape index (κ1) is 6.34. The fourth-order valence-electron chi connectivity index (χ4n) is 1.24. The second-order valence-corrected chi connectivity index (χ2v) is 2.75. The average Bonchev–Trinajstić information content (AvgIpc) is 2.37. The fraction of sp³-hybridized carbons (Fsp3) is 0.250. The number of aromatic nitrogens is 2. The van der Waals surface area contributed by atoms with Crippen molar-refractivity contribution in [3.63, 3.8) is 0 Å². The van der Waals surface area contributed by atoms with Gasteiger partial charge in [0.05, 0.1) is 11.4 Å². The molecule has 0 aromatic carbocycles. The van der Waals surface area contributed by atoms with E-state index >= 15 is 0 Å². The summed E-state index contributed by atoms with van der Waals surface area (Å²) in [5, 5.41) is 4.04. The van der Waals surface area contributed by atoms with Gasteiger partial charge in [-0.15, -0.1) is 0 Å². The first-order valence-electron chi connectivity index (χ1n) is 3.48. The van der Waals surface area contributed by atoms with Crippen LogP contribution >= 0.6 is 0 Å². The Hall–Kier alpha value is -1.38. The minimum absolute atomic E-state index is 0.00639. The van der Waals surface area contributed by atoms with Crippen LogP contribution in [0.2, 0.25) is 0 Å². The fourth-order valence-corrected chi connectivity index (χ4v) is 1.24. The summed E-state index contributed by atoms with van der Waals surface area (Å²) in [5.74, 6) is -0.00639. The Morgan fingerprint density at radius 1 is 1.45 bits per heavy atom. The molecule has 0 saturated carbocycles. The van der Waals surface area contributed by atoms with Crippen molar-refractivity contribution in [2.45, 2.75) is 13.8 Å². The largest absolute Gasteiger partial charge is 0.274 e. The molecule has 0 saturated heterocycles. The highest BCUT2D eigenvalue weighted by Crippen LogP contribution is 2.17. The van der Waals surface area contributed by atoms with Crippen LogP contribution in [0.4, 0.5) is 0 Å². The minimum Gasteiger partial charge on any atom is -0.267 e. The molecule has 0 unspecified atom stereocenters. The molecule has 0 fully saturated rings. The van der Waals surface area contributed by atoms with E-state index < -0.39 is 0 Å². The number of carbonyl (C=O) groups is 1. The number of nitrogens with zero attached hydrogens (tertiary/aromatic N) is 2. The lowest BCUT2D eigenvalue weighted by atomic mass is 10.3. The third-order valence-corrected chi connectivity index (χ3v) is 1.75. The van der Waals surface area contributed by atoms with Gasteiger partial charge in [-0.2, -0.15) is 9.78 Å². The second-order valence-electron chi connectivity index (χ2n) is 2.75. The third kappa shape index (κ3) is 0.738. The van der Waals surface area contributed by atoms with Crippen molar-refractivity contribution in [2.75, 3.05) is 0 Å². The topological polar surface area (TPSA) is 34.9 Å². The van der Waals surface area contributed by atoms with Gasteiger partial charge in [0.2, 0.25) is 0 Å². The standard InChI is InChI=1S/C8H8N2O/c1-5-3-7-4-6(2)9-10(7)8(5)11/h3-4H,1-2H3. The molecular formula is C8H8N2O. The lowest BCUT2D eigenvalue weighted by Gasteiger charge is -1.91. The number of rotatable bonds is 0. The highest BCUT2D eigenvalue weighted by Gasteiger charge is 2.19. The Morgan fingerprint density at radius 3 is 2.82 bits per heavy atom. The van der Waals surface area contributed by atoms with Crippen molar-refractivity contribution in [3.8, 4) is 0 Å². The summed E-state index contributed by atoms with van der Waals surface area (Å²) in [6.45, 7) is 3.67. The summed E-state index contributed by atoms with van der Waals surface area (Å²) in [6, 6.07) is 1.90. The molecule has 0 bridgehead atoms. The second kappa shape index (κ2) is 1.81. The molecule has 1 aliphatic heterocycles. The van der Waals surface area contributed by atoms with Gasteiger partial charge in [-0.05, 0) is 26.0 Å². The lowest BCUT2D eigenvalue weighted by Crippen LogP contribution is -2.09. The molecule has 0 spiro atoms. The third-order valence-electron chi connectivity index (χ3n) is 1.75. The van der Waals surface area contributed by atoms with Crippen LogP contribution in [0.5, 0.6) is 0 Å². The van der Waals surface area contributed by atoms with Crippen molar-refractivity contribution in [1.82, 2.24) is 9.78 Å². The lowest BCUT2D eigenvalue weighted by molar-refractivity contribution is 0.0946. The zero-order valence-electron chi connectivity index (χ0n) is 6.46. The highest BCUT2D eigenvalue weighted by atomic mass is 16.2. The molecule has 56 valence electrons. The van der Waals surface area contributed by atoms with Crippen LogP contribution in [0.15, 0.2) is 11.6 Å². The van der Waals surface area contributed by atoms with Gasteiger partial charge in [0.25, 0.3) is 5.91 Å². The van der Waals surface area contributed by atoms with E-state index in [1.54, 1.807) is 6.92 Å². The van der Waals surface area contributed by atoms with E-state index in [9.17, 15) is 4.79 Å². The van der Waals surface area contributed by atoms with Crippen molar-refractivity contribution < 1.29 is 4.79 Å². The maximum Gasteiger partial charge on any atom is 0.274 e. The number of carbonyl (C=O) groups excluding carboxylic acids is 1. The first-order valence-corrected chi connectivity index (χ1v) is 3.48. The molecule has 11 heavy (non-hydrogen) atoms. The SMILES string of the molecule is CC1=Cc2cc(C)nn2C1=O. The summed E-state index contributed by atoms with van der Waals surface area (Å²) in [4.78, 5) is 11.2. The predicted octanol–water partition coefficient (Wildman–Crippen LogP) is 1.25. The summed E-state index contributed by atoms with van der Waals surface area (Å²) in [5.41, 5.74) is 2.54. The summed E-state index contributed by atoms with van der Waals surface area (Å²) >= 11 is 0. The Balaban J connectivity index is 2.65. The number of aryl methyl sites for hydroxylation is 1. The highest BCUT2D eigenvalue weighted by molar-refractivity contribution is 6.03. The van der Waals surface area contributed by atoms with Gasteiger partial charge in [0.1, 0.15) is 0 Å². The Labute approximate surface area is 64.3 Å². The van der Waals surface area contributed by atoms with Crippen molar-refractivity contribution in [1.29, 1.82) is 0 Å². The van der Waals surface area contributed by atoms with Gasteiger partial charge in [-0.25, -0.2) is 0 Å². The molecule has 0 atom stereocenters. The molecule has 2 rings (SSSR count). The number of fused-ring (bicyclic) bond motifs is 1. The molecule has 0 amide bonds. The van der Waals surface area contributed by atoms with E-state index in [1.165, 1.54) is 4.68 Å². The average molecular weight is 148 g/mol. The van der Waals surface area contributed by atoms with Crippen LogP contribution in [-0.2, 0) is 0 Å². The quantitative estimate of drug-likeness (QED) is 0.555. The monoisotopic (exact) mass is 148 g/mol. The van der Waals surface area contributed by atoms with Crippen LogP contribution < -0.4 is 0 Å². The number of hydrogen-bond acceptors (Lipinski definition) is 2. The summed E-state index contributed by atoms with van der Waals surface area (Å²) in [7, 11) is 0. The van der Waals surface area contributed by atoms with E-state index in [-0.39, 0.29) is 5.91 Å². The molecule has 1 aliphatic rings. The zero-order valence-corrected chi connectivity index (χ0v) is 6.46. The molecular weight excluding hydrogens is 140 g/mol. The van der Waals surface area contributed by atoms with E-state index in [4.69, 9.17) is 0 Å². The minimum atomic E-state index is -0.00639. The Kier molecular flexibility index (Phi) is 1.04. The van der Waals surface area contributed by atoms with Crippen LogP contribution in [0.1, 0.15) is 23.1 Å². The van der Waals surface area contributed by atoms with E-state index in [2.05, 4.69) is 5.10 Å². The molecule has 0 radical (unpaired) electrons. The van der Waals surface area contributed by atoms with Crippen molar-refractivity contribution >= 4 is 12.0 Å². The van der Waals surface area contributed by atoms with Crippen molar-refractivity contribution in [2.24, 2.45) is 0 Å². The number of allylic oxidation sites excluding steroid dienone is 1. The van der Waals surface area contributed by atoms with Gasteiger partial charge in [-0.1, -0.05) is 0 Å². The maximum atomic E-state index is 11.2. The molecule has 2 heterocycles. The van der Waals surface area contributed by atoms with Gasteiger partial charge >= 0.3 is 0 Å². The molecule has 1 aromatic heterocycles. The van der Waals surface area contributed by atoms with Crippen LogP contribution in [-0.4, -0.2) is 15.7 Å². The summed E-state index contributed by atoms with van der Waals surface area (Å²) in [6.07, 6.45) is 1.85. The molecule has 1 aromatic rings. The zero-order chi connectivity index (χ0) is 8.01. The smallest absolute Gasteiger partial charge is 0.267 e. The molecule has 0 aliphatic carbocycles. The molecule has 0 N–H and O–H groups in total. The maximum absolute atomic E-state index is 11.2. The molecule has 3 nitrogen and oxygen atoms in total. The van der Waals surface area contributed by atoms with Gasteiger partial charge in [0.15, 0.2) is 0 Å². The normalized spacial score (nSPS) is 15.1. The Morgan fingerprint density at radius 2 is 2.18 bits per heavy atom. The van der Waals surface area contributed by atoms with Crippen molar-refractivity contribution in [3.05, 3.63) is 23.0 Å². The van der Waals surface area contributed by atoms with E-state index in [0.29, 0.717) is 0 Å². The Bertz CT molecular complexity index is 360. The van der Waals surface area contributed by atoms with Crippen LogP contribution in [0.25, 0.3) is 6.08 Å². The van der Waals surface area contributed by atoms with Crippen LogP contribution in [0, 0.1) is 6.92 Å². The molecule has 3 heteroatoms. The van der Waals surface area contributed by atoms with Crippen LogP contribution in [0.3, 0.4) is 0 Å². The number of hydrogen-bond donors (Lipinski definition) is 0.